The second-order valence-corrected chi connectivity index (χ2v) is 7.69. The van der Waals surface area contributed by atoms with Crippen LogP contribution in [0.5, 0.6) is 0 Å². The van der Waals surface area contributed by atoms with Crippen molar-refractivity contribution >= 4 is 37.4 Å². The Kier molecular flexibility index (Phi) is 5.04. The Morgan fingerprint density at radius 1 is 1.21 bits per heavy atom. The molecule has 0 aliphatic carbocycles. The maximum atomic E-state index is 3.67. The monoisotopic (exact) mass is 339 g/mol. The number of nitrogens with one attached hydrogen (secondary N) is 1. The predicted octanol–water partition coefficient (Wildman–Crippen LogP) is 5.53. The maximum Gasteiger partial charge on any atom is 0.0491 e. The van der Waals surface area contributed by atoms with Gasteiger partial charge >= 0.3 is 0 Å². The van der Waals surface area contributed by atoms with Crippen LogP contribution in [0.3, 0.4) is 0 Å². The van der Waals surface area contributed by atoms with Gasteiger partial charge in [0, 0.05) is 20.6 Å². The van der Waals surface area contributed by atoms with E-state index in [1.807, 2.05) is 11.3 Å². The zero-order valence-corrected chi connectivity index (χ0v) is 14.5. The summed E-state index contributed by atoms with van der Waals surface area (Å²) in [5.41, 5.74) is 1.51. The van der Waals surface area contributed by atoms with Crippen LogP contribution in [0.15, 0.2) is 22.7 Å². The normalized spacial score (nSPS) is 11.9. The molecule has 0 saturated heterocycles. The maximum absolute atomic E-state index is 3.67. The molecule has 0 unspecified atom stereocenters. The van der Waals surface area contributed by atoms with Gasteiger partial charge in [0.2, 0.25) is 0 Å². The Labute approximate surface area is 128 Å². The van der Waals surface area contributed by atoms with E-state index in [-0.39, 0.29) is 0 Å². The van der Waals surface area contributed by atoms with Gasteiger partial charge in [-0.1, -0.05) is 39.8 Å². The number of halogens is 1. The van der Waals surface area contributed by atoms with E-state index in [4.69, 9.17) is 0 Å². The van der Waals surface area contributed by atoms with Crippen LogP contribution in [0.25, 0.3) is 10.1 Å². The Hall–Kier alpha value is -0.380. The van der Waals surface area contributed by atoms with Crippen molar-refractivity contribution in [2.45, 2.75) is 40.2 Å². The zero-order valence-electron chi connectivity index (χ0n) is 12.1. The summed E-state index contributed by atoms with van der Waals surface area (Å²) in [5, 5.41) is 4.98. The van der Waals surface area contributed by atoms with Gasteiger partial charge in [0.1, 0.15) is 0 Å². The van der Waals surface area contributed by atoms with Crippen LogP contribution in [0, 0.1) is 5.92 Å². The molecule has 3 heteroatoms. The smallest absolute Gasteiger partial charge is 0.0491 e. The number of thiophene rings is 1. The molecule has 0 bridgehead atoms. The molecule has 1 aromatic carbocycles. The second-order valence-electron chi connectivity index (χ2n) is 5.73. The van der Waals surface area contributed by atoms with Crippen LogP contribution in [0.2, 0.25) is 0 Å². The highest BCUT2D eigenvalue weighted by molar-refractivity contribution is 9.10. The molecule has 0 atom stereocenters. The topological polar surface area (TPSA) is 12.0 Å². The van der Waals surface area contributed by atoms with Gasteiger partial charge < -0.3 is 5.32 Å². The first-order valence-corrected chi connectivity index (χ1v) is 8.52. The van der Waals surface area contributed by atoms with Crippen molar-refractivity contribution in [3.05, 3.63) is 33.1 Å². The summed E-state index contributed by atoms with van der Waals surface area (Å²) in [6.45, 7) is 11.1. The van der Waals surface area contributed by atoms with Crippen LogP contribution >= 0.6 is 27.3 Å². The Morgan fingerprint density at radius 2 is 1.95 bits per heavy atom. The fraction of sp³-hybridized carbons (Fsp3) is 0.500. The van der Waals surface area contributed by atoms with Crippen LogP contribution in [0.1, 0.15) is 44.1 Å². The van der Waals surface area contributed by atoms with Gasteiger partial charge in [-0.25, -0.2) is 0 Å². The first-order valence-electron chi connectivity index (χ1n) is 6.91. The van der Waals surface area contributed by atoms with Gasteiger partial charge in [0.15, 0.2) is 0 Å². The Bertz CT molecular complexity index is 557. The van der Waals surface area contributed by atoms with Gasteiger partial charge in [0.05, 0.1) is 0 Å². The van der Waals surface area contributed by atoms with Gasteiger partial charge in [-0.2, -0.15) is 0 Å². The third-order valence-corrected chi connectivity index (χ3v) is 5.38. The van der Waals surface area contributed by atoms with E-state index < -0.39 is 0 Å². The largest absolute Gasteiger partial charge is 0.312 e. The number of hydrogen-bond acceptors (Lipinski definition) is 2. The lowest BCUT2D eigenvalue weighted by Gasteiger charge is -2.10. The number of fused-ring (bicyclic) bond motifs is 1. The molecule has 1 heterocycles. The molecule has 2 aromatic rings. The number of hydrogen-bond donors (Lipinski definition) is 1. The molecule has 1 aromatic heterocycles. The first kappa shape index (κ1) is 15.0. The SMILES string of the molecule is CC(C)CNCc1sc2c(Br)cccc2c1C(C)C. The summed E-state index contributed by atoms with van der Waals surface area (Å²) < 4.78 is 2.60. The van der Waals surface area contributed by atoms with Crippen molar-refractivity contribution in [3.8, 4) is 0 Å². The molecule has 0 spiro atoms. The third kappa shape index (κ3) is 3.39. The molecule has 0 radical (unpaired) electrons. The van der Waals surface area contributed by atoms with E-state index in [9.17, 15) is 0 Å². The van der Waals surface area contributed by atoms with Gasteiger partial charge in [-0.3, -0.25) is 0 Å². The van der Waals surface area contributed by atoms with Crippen LogP contribution in [0.4, 0.5) is 0 Å². The lowest BCUT2D eigenvalue weighted by molar-refractivity contribution is 0.553. The zero-order chi connectivity index (χ0) is 14.0. The Balaban J connectivity index is 2.36. The van der Waals surface area contributed by atoms with Crippen molar-refractivity contribution in [1.82, 2.24) is 5.32 Å². The third-order valence-electron chi connectivity index (χ3n) is 3.20. The lowest BCUT2D eigenvalue weighted by atomic mass is 9.99. The van der Waals surface area contributed by atoms with E-state index >= 15 is 0 Å². The fourth-order valence-electron chi connectivity index (χ4n) is 2.39. The highest BCUT2D eigenvalue weighted by Gasteiger charge is 2.16. The average molecular weight is 340 g/mol. The summed E-state index contributed by atoms with van der Waals surface area (Å²) in [5.74, 6) is 1.27. The van der Waals surface area contributed by atoms with Gasteiger partial charge in [-0.15, -0.1) is 11.3 Å². The van der Waals surface area contributed by atoms with Crippen molar-refractivity contribution in [3.63, 3.8) is 0 Å². The van der Waals surface area contributed by atoms with Crippen molar-refractivity contribution < 1.29 is 0 Å². The van der Waals surface area contributed by atoms with Crippen molar-refractivity contribution in [1.29, 1.82) is 0 Å². The van der Waals surface area contributed by atoms with Gasteiger partial charge in [-0.05, 0) is 51.3 Å². The van der Waals surface area contributed by atoms with Crippen LogP contribution in [-0.4, -0.2) is 6.54 Å². The summed E-state index contributed by atoms with van der Waals surface area (Å²) in [7, 11) is 0. The molecular formula is C16H22BrNS. The molecule has 19 heavy (non-hydrogen) atoms. The minimum absolute atomic E-state index is 0.568. The van der Waals surface area contributed by atoms with E-state index in [0.29, 0.717) is 11.8 Å². The highest BCUT2D eigenvalue weighted by Crippen LogP contribution is 2.39. The van der Waals surface area contributed by atoms with Crippen molar-refractivity contribution in [2.24, 2.45) is 5.92 Å². The molecule has 0 aliphatic heterocycles. The molecule has 104 valence electrons. The Morgan fingerprint density at radius 3 is 2.58 bits per heavy atom. The number of rotatable bonds is 5. The molecule has 2 rings (SSSR count). The van der Waals surface area contributed by atoms with E-state index in [1.54, 1.807) is 0 Å². The number of benzene rings is 1. The molecule has 0 amide bonds. The molecule has 0 fully saturated rings. The summed E-state index contributed by atoms with van der Waals surface area (Å²) in [6, 6.07) is 6.52. The highest BCUT2D eigenvalue weighted by atomic mass is 79.9. The summed E-state index contributed by atoms with van der Waals surface area (Å²) >= 11 is 5.60. The summed E-state index contributed by atoms with van der Waals surface area (Å²) in [4.78, 5) is 1.48. The average Bonchev–Trinajstić information content (AvgIpc) is 2.68. The minimum atomic E-state index is 0.568. The molecule has 1 nitrogen and oxygen atoms in total. The molecule has 1 N–H and O–H groups in total. The lowest BCUT2D eigenvalue weighted by Crippen LogP contribution is -2.19. The standard InChI is InChI=1S/C16H22BrNS/c1-10(2)8-18-9-14-15(11(3)4)12-6-5-7-13(17)16(12)19-14/h5-7,10-11,18H,8-9H2,1-4H3. The minimum Gasteiger partial charge on any atom is -0.312 e. The fourth-order valence-corrected chi connectivity index (χ4v) is 4.33. The molecular weight excluding hydrogens is 318 g/mol. The van der Waals surface area contributed by atoms with Crippen LogP contribution in [-0.2, 0) is 6.54 Å². The molecule has 0 aliphatic rings. The van der Waals surface area contributed by atoms with E-state index in [2.05, 4.69) is 67.1 Å². The predicted molar refractivity (Wildman–Crippen MR) is 90.2 cm³/mol. The quantitative estimate of drug-likeness (QED) is 0.754. The van der Waals surface area contributed by atoms with E-state index in [0.717, 1.165) is 13.1 Å². The van der Waals surface area contributed by atoms with Crippen LogP contribution < -0.4 is 5.32 Å². The van der Waals surface area contributed by atoms with Crippen molar-refractivity contribution in [2.75, 3.05) is 6.54 Å². The second kappa shape index (κ2) is 6.38. The first-order chi connectivity index (χ1) is 9.00. The molecule has 0 saturated carbocycles. The van der Waals surface area contributed by atoms with Gasteiger partial charge in [0.25, 0.3) is 0 Å². The van der Waals surface area contributed by atoms with E-state index in [1.165, 1.54) is 25.0 Å². The summed E-state index contributed by atoms with van der Waals surface area (Å²) in [6.07, 6.45) is 0.